The number of amides is 4. The Morgan fingerprint density at radius 2 is 1.28 bits per heavy atom. The summed E-state index contributed by atoms with van der Waals surface area (Å²) in [6, 6.07) is 14.3. The average Bonchev–Trinajstić information content (AvgIpc) is 3.20. The number of benzene rings is 2. The lowest BCUT2D eigenvalue weighted by molar-refractivity contribution is -0.142. The Balaban J connectivity index is 1.36. The SMILES string of the molecule is O=C(CNC(=O)CNC(=O)OCC1c2ccccc2-c2ccccc21)NCC(=O)N[C@@H](CO)C(=O)O. The van der Waals surface area contributed by atoms with E-state index in [9.17, 15) is 24.0 Å². The Morgan fingerprint density at radius 3 is 1.81 bits per heavy atom. The lowest BCUT2D eigenvalue weighted by Gasteiger charge is -2.14. The minimum Gasteiger partial charge on any atom is -0.480 e. The first kappa shape index (κ1) is 26.2. The quantitative estimate of drug-likeness (QED) is 0.235. The van der Waals surface area contributed by atoms with Crippen LogP contribution in [0.3, 0.4) is 0 Å². The van der Waals surface area contributed by atoms with Crippen molar-refractivity contribution in [2.75, 3.05) is 32.8 Å². The van der Waals surface area contributed by atoms with Gasteiger partial charge in [0.1, 0.15) is 19.2 Å². The molecule has 6 N–H and O–H groups in total. The zero-order chi connectivity index (χ0) is 26.1. The summed E-state index contributed by atoms with van der Waals surface area (Å²) in [5.41, 5.74) is 4.29. The van der Waals surface area contributed by atoms with Crippen molar-refractivity contribution in [1.82, 2.24) is 21.3 Å². The van der Waals surface area contributed by atoms with Crippen molar-refractivity contribution < 1.29 is 38.9 Å². The Kier molecular flexibility index (Phi) is 8.95. The first-order valence-electron chi connectivity index (χ1n) is 11.1. The number of rotatable bonds is 11. The maximum absolute atomic E-state index is 12.1. The van der Waals surface area contributed by atoms with Crippen LogP contribution in [-0.4, -0.2) is 78.9 Å². The molecule has 2 aromatic rings. The highest BCUT2D eigenvalue weighted by Gasteiger charge is 2.29. The topological polar surface area (TPSA) is 183 Å². The molecule has 0 saturated heterocycles. The number of hydrogen-bond donors (Lipinski definition) is 6. The molecule has 1 aliphatic rings. The van der Waals surface area contributed by atoms with Gasteiger partial charge in [0.2, 0.25) is 17.7 Å². The van der Waals surface area contributed by atoms with Crippen molar-refractivity contribution in [2.24, 2.45) is 0 Å². The summed E-state index contributed by atoms with van der Waals surface area (Å²) in [4.78, 5) is 58.1. The highest BCUT2D eigenvalue weighted by Crippen LogP contribution is 2.44. The standard InChI is InChI=1S/C24H26N4O8/c29-12-19(23(33)34)28-22(32)11-26-20(30)9-25-21(31)10-27-24(35)36-13-18-16-7-3-1-5-14(16)15-6-2-4-8-17(15)18/h1-8,18-19,29H,9-13H2,(H,25,31)(H,26,30)(H,27,35)(H,28,32)(H,33,34)/t19-/m0/s1. The van der Waals surface area contributed by atoms with Gasteiger partial charge >= 0.3 is 12.1 Å². The molecule has 1 aliphatic carbocycles. The molecule has 0 aromatic heterocycles. The Hall–Kier alpha value is -4.45. The molecule has 2 aromatic carbocycles. The summed E-state index contributed by atoms with van der Waals surface area (Å²) in [6.07, 6.45) is -0.787. The number of nitrogens with one attached hydrogen (secondary N) is 4. The first-order valence-corrected chi connectivity index (χ1v) is 11.1. The number of carbonyl (C=O) groups is 5. The number of carboxylic acids is 1. The highest BCUT2D eigenvalue weighted by molar-refractivity contribution is 5.90. The molecule has 4 amide bonds. The van der Waals surface area contributed by atoms with Gasteiger partial charge in [0.25, 0.3) is 0 Å². The second kappa shape index (κ2) is 12.3. The Bertz CT molecular complexity index is 1110. The van der Waals surface area contributed by atoms with Crippen LogP contribution in [-0.2, 0) is 23.9 Å². The van der Waals surface area contributed by atoms with Crippen LogP contribution in [0.2, 0.25) is 0 Å². The summed E-state index contributed by atoms with van der Waals surface area (Å²) in [5, 5.41) is 26.4. The van der Waals surface area contributed by atoms with E-state index in [0.717, 1.165) is 22.3 Å². The third-order valence-corrected chi connectivity index (χ3v) is 5.45. The van der Waals surface area contributed by atoms with Gasteiger partial charge < -0.3 is 36.2 Å². The number of ether oxygens (including phenoxy) is 1. The zero-order valence-electron chi connectivity index (χ0n) is 19.2. The maximum Gasteiger partial charge on any atom is 0.407 e. The lowest BCUT2D eigenvalue weighted by Crippen LogP contribution is -2.48. The van der Waals surface area contributed by atoms with Crippen molar-refractivity contribution in [3.8, 4) is 11.1 Å². The van der Waals surface area contributed by atoms with Crippen molar-refractivity contribution in [3.05, 3.63) is 59.7 Å². The summed E-state index contributed by atoms with van der Waals surface area (Å²) in [7, 11) is 0. The Morgan fingerprint density at radius 1 is 0.778 bits per heavy atom. The molecule has 12 heteroatoms. The van der Waals surface area contributed by atoms with Gasteiger partial charge in [-0.05, 0) is 22.3 Å². The van der Waals surface area contributed by atoms with Crippen molar-refractivity contribution in [2.45, 2.75) is 12.0 Å². The van der Waals surface area contributed by atoms with Crippen LogP contribution >= 0.6 is 0 Å². The third-order valence-electron chi connectivity index (χ3n) is 5.45. The van der Waals surface area contributed by atoms with E-state index < -0.39 is 62.1 Å². The lowest BCUT2D eigenvalue weighted by atomic mass is 9.98. The van der Waals surface area contributed by atoms with Gasteiger partial charge in [-0.2, -0.15) is 0 Å². The van der Waals surface area contributed by atoms with Gasteiger partial charge in [0.15, 0.2) is 0 Å². The van der Waals surface area contributed by atoms with Crippen molar-refractivity contribution in [1.29, 1.82) is 0 Å². The summed E-state index contributed by atoms with van der Waals surface area (Å²) in [5.74, 6) is -3.74. The molecule has 0 aliphatic heterocycles. The average molecular weight is 498 g/mol. The number of carbonyl (C=O) groups excluding carboxylic acids is 4. The number of alkyl carbamates (subject to hydrolysis) is 1. The van der Waals surface area contributed by atoms with E-state index >= 15 is 0 Å². The van der Waals surface area contributed by atoms with E-state index in [0.29, 0.717) is 0 Å². The van der Waals surface area contributed by atoms with Crippen LogP contribution in [0.5, 0.6) is 0 Å². The van der Waals surface area contributed by atoms with Gasteiger partial charge in [0, 0.05) is 5.92 Å². The fraction of sp³-hybridized carbons (Fsp3) is 0.292. The van der Waals surface area contributed by atoms with E-state index in [1.807, 2.05) is 53.8 Å². The maximum atomic E-state index is 12.1. The second-order valence-electron chi connectivity index (χ2n) is 7.87. The van der Waals surface area contributed by atoms with E-state index in [4.69, 9.17) is 14.9 Å². The van der Waals surface area contributed by atoms with Crippen molar-refractivity contribution in [3.63, 3.8) is 0 Å². The molecule has 12 nitrogen and oxygen atoms in total. The van der Waals surface area contributed by atoms with Gasteiger partial charge in [0.05, 0.1) is 19.7 Å². The van der Waals surface area contributed by atoms with E-state index in [-0.39, 0.29) is 12.5 Å². The summed E-state index contributed by atoms with van der Waals surface area (Å²) in [6.45, 7) is -2.16. The molecule has 190 valence electrons. The molecule has 0 unspecified atom stereocenters. The second-order valence-corrected chi connectivity index (χ2v) is 7.87. The minimum atomic E-state index is -1.49. The van der Waals surface area contributed by atoms with Crippen molar-refractivity contribution >= 4 is 29.8 Å². The summed E-state index contributed by atoms with van der Waals surface area (Å²) >= 11 is 0. The van der Waals surface area contributed by atoms with Crippen LogP contribution in [0.4, 0.5) is 4.79 Å². The fourth-order valence-electron chi connectivity index (χ4n) is 3.72. The number of carboxylic acid groups (broad SMARTS) is 1. The molecule has 1 atom stereocenters. The molecular formula is C24H26N4O8. The number of aliphatic carboxylic acids is 1. The molecule has 3 rings (SSSR count). The molecule has 0 fully saturated rings. The van der Waals surface area contributed by atoms with Crippen LogP contribution in [0.25, 0.3) is 11.1 Å². The van der Waals surface area contributed by atoms with Crippen LogP contribution in [0.15, 0.2) is 48.5 Å². The van der Waals surface area contributed by atoms with Gasteiger partial charge in [-0.15, -0.1) is 0 Å². The smallest absolute Gasteiger partial charge is 0.407 e. The molecular weight excluding hydrogens is 472 g/mol. The molecule has 0 spiro atoms. The monoisotopic (exact) mass is 498 g/mol. The first-order chi connectivity index (χ1) is 17.3. The molecule has 0 heterocycles. The number of aliphatic hydroxyl groups excluding tert-OH is 1. The Labute approximate surface area is 206 Å². The van der Waals surface area contributed by atoms with Gasteiger partial charge in [-0.1, -0.05) is 48.5 Å². The molecule has 36 heavy (non-hydrogen) atoms. The number of fused-ring (bicyclic) bond motifs is 3. The molecule has 0 saturated carbocycles. The number of hydrogen-bond acceptors (Lipinski definition) is 7. The van der Waals surface area contributed by atoms with E-state index in [1.165, 1.54) is 0 Å². The predicted octanol–water partition coefficient (Wildman–Crippen LogP) is -0.681. The molecule has 0 bridgehead atoms. The van der Waals surface area contributed by atoms with E-state index in [2.05, 4.69) is 16.0 Å². The van der Waals surface area contributed by atoms with Gasteiger partial charge in [-0.3, -0.25) is 14.4 Å². The fourth-order valence-corrected chi connectivity index (χ4v) is 3.72. The van der Waals surface area contributed by atoms with E-state index in [1.54, 1.807) is 0 Å². The van der Waals surface area contributed by atoms with Crippen LogP contribution < -0.4 is 21.3 Å². The van der Waals surface area contributed by atoms with Crippen LogP contribution in [0.1, 0.15) is 17.0 Å². The third kappa shape index (κ3) is 6.79. The minimum absolute atomic E-state index is 0.0883. The largest absolute Gasteiger partial charge is 0.480 e. The summed E-state index contributed by atoms with van der Waals surface area (Å²) < 4.78 is 5.32. The zero-order valence-corrected chi connectivity index (χ0v) is 19.2. The normalized spacial score (nSPS) is 12.5. The highest BCUT2D eigenvalue weighted by atomic mass is 16.5. The predicted molar refractivity (Wildman–Crippen MR) is 126 cm³/mol. The van der Waals surface area contributed by atoms with Gasteiger partial charge in [-0.25, -0.2) is 9.59 Å². The molecule has 0 radical (unpaired) electrons. The van der Waals surface area contributed by atoms with Crippen LogP contribution in [0, 0.1) is 0 Å². The number of aliphatic hydroxyl groups is 1.